The first-order valence-electron chi connectivity index (χ1n) is 6.19. The van der Waals surface area contributed by atoms with Gasteiger partial charge in [0.15, 0.2) is 0 Å². The summed E-state index contributed by atoms with van der Waals surface area (Å²) in [6.45, 7) is 2.06. The average molecular weight is 269 g/mol. The molecule has 0 amide bonds. The van der Waals surface area contributed by atoms with E-state index < -0.39 is 10.0 Å². The van der Waals surface area contributed by atoms with Gasteiger partial charge in [0.1, 0.15) is 4.90 Å². The summed E-state index contributed by atoms with van der Waals surface area (Å²) in [5, 5.41) is 3.12. The lowest BCUT2D eigenvalue weighted by Crippen LogP contribution is -2.42. The number of piperidine rings is 1. The van der Waals surface area contributed by atoms with E-state index in [0.29, 0.717) is 19.0 Å². The van der Waals surface area contributed by atoms with Crippen molar-refractivity contribution in [2.75, 3.05) is 26.7 Å². The highest BCUT2D eigenvalue weighted by Crippen LogP contribution is 2.22. The van der Waals surface area contributed by atoms with Crippen LogP contribution in [0.3, 0.4) is 0 Å². The van der Waals surface area contributed by atoms with Crippen molar-refractivity contribution in [2.24, 2.45) is 5.92 Å². The zero-order chi connectivity index (χ0) is 13.0. The molecule has 1 aromatic rings. The molecule has 1 saturated heterocycles. The van der Waals surface area contributed by atoms with Crippen LogP contribution < -0.4 is 5.32 Å². The average Bonchev–Trinajstić information content (AvgIpc) is 2.40. The Bertz CT molecular complexity index is 473. The highest BCUT2D eigenvalue weighted by atomic mass is 32.2. The molecule has 0 saturated carbocycles. The van der Waals surface area contributed by atoms with Gasteiger partial charge >= 0.3 is 0 Å². The molecular weight excluding hydrogens is 250 g/mol. The second kappa shape index (κ2) is 5.77. The summed E-state index contributed by atoms with van der Waals surface area (Å²) >= 11 is 0. The fraction of sp³-hybridized carbons (Fsp3) is 0.583. The Balaban J connectivity index is 2.15. The van der Waals surface area contributed by atoms with E-state index in [-0.39, 0.29) is 4.90 Å². The van der Waals surface area contributed by atoms with Gasteiger partial charge in [-0.1, -0.05) is 0 Å². The third-order valence-corrected chi connectivity index (χ3v) is 5.10. The van der Waals surface area contributed by atoms with Crippen molar-refractivity contribution in [1.82, 2.24) is 14.6 Å². The number of hydrogen-bond acceptors (Lipinski definition) is 4. The maximum atomic E-state index is 12.4. The minimum absolute atomic E-state index is 0.287. The summed E-state index contributed by atoms with van der Waals surface area (Å²) in [7, 11) is -1.47. The molecule has 0 aromatic carbocycles. The van der Waals surface area contributed by atoms with Crippen molar-refractivity contribution in [1.29, 1.82) is 0 Å². The first kappa shape index (κ1) is 13.5. The standard InChI is InChI=1S/C12H19N3O2S/c1-13-8-11-4-3-7-15(10-11)18(16,17)12-5-2-6-14-9-12/h2,5-6,9,11,13H,3-4,7-8,10H2,1H3. The van der Waals surface area contributed by atoms with Crippen molar-refractivity contribution in [3.8, 4) is 0 Å². The molecule has 1 aromatic heterocycles. The monoisotopic (exact) mass is 269 g/mol. The van der Waals surface area contributed by atoms with Crippen LogP contribution in [0.2, 0.25) is 0 Å². The van der Waals surface area contributed by atoms with Crippen molar-refractivity contribution < 1.29 is 8.42 Å². The van der Waals surface area contributed by atoms with E-state index in [1.54, 1.807) is 22.6 Å². The molecule has 1 aliphatic heterocycles. The second-order valence-corrected chi connectivity index (χ2v) is 6.56. The molecule has 0 radical (unpaired) electrons. The Morgan fingerprint density at radius 1 is 1.56 bits per heavy atom. The van der Waals surface area contributed by atoms with Crippen LogP contribution in [0.15, 0.2) is 29.4 Å². The summed E-state index contributed by atoms with van der Waals surface area (Å²) in [6, 6.07) is 3.26. The Morgan fingerprint density at radius 3 is 3.06 bits per heavy atom. The van der Waals surface area contributed by atoms with E-state index in [1.165, 1.54) is 6.20 Å². The van der Waals surface area contributed by atoms with Gasteiger partial charge in [-0.05, 0) is 44.5 Å². The second-order valence-electron chi connectivity index (χ2n) is 4.62. The third kappa shape index (κ3) is 2.88. The quantitative estimate of drug-likeness (QED) is 0.874. The lowest BCUT2D eigenvalue weighted by atomic mass is 10.00. The maximum absolute atomic E-state index is 12.4. The largest absolute Gasteiger partial charge is 0.319 e. The van der Waals surface area contributed by atoms with Gasteiger partial charge in [0.05, 0.1) is 0 Å². The van der Waals surface area contributed by atoms with Crippen LogP contribution in [0.4, 0.5) is 0 Å². The summed E-state index contributed by atoms with van der Waals surface area (Å²) in [5.41, 5.74) is 0. The van der Waals surface area contributed by atoms with Gasteiger partial charge in [0.25, 0.3) is 0 Å². The van der Waals surface area contributed by atoms with Crippen LogP contribution in [-0.2, 0) is 10.0 Å². The zero-order valence-electron chi connectivity index (χ0n) is 10.5. The predicted octanol–water partition coefficient (Wildman–Crippen LogP) is 0.702. The molecule has 0 aliphatic carbocycles. The smallest absolute Gasteiger partial charge is 0.244 e. The molecule has 1 aliphatic rings. The first-order valence-corrected chi connectivity index (χ1v) is 7.63. The predicted molar refractivity (Wildman–Crippen MR) is 69.6 cm³/mol. The lowest BCUT2D eigenvalue weighted by molar-refractivity contribution is 0.263. The van der Waals surface area contributed by atoms with Crippen molar-refractivity contribution in [3.05, 3.63) is 24.5 Å². The number of hydrogen-bond donors (Lipinski definition) is 1. The van der Waals surface area contributed by atoms with Crippen LogP contribution in [0.5, 0.6) is 0 Å². The molecule has 2 heterocycles. The van der Waals surface area contributed by atoms with E-state index >= 15 is 0 Å². The minimum atomic E-state index is -3.37. The molecular formula is C12H19N3O2S. The van der Waals surface area contributed by atoms with Gasteiger partial charge < -0.3 is 5.32 Å². The summed E-state index contributed by atoms with van der Waals surface area (Å²) in [6.07, 6.45) is 5.00. The molecule has 5 nitrogen and oxygen atoms in total. The highest BCUT2D eigenvalue weighted by molar-refractivity contribution is 7.89. The molecule has 1 N–H and O–H groups in total. The van der Waals surface area contributed by atoms with Gasteiger partial charge in [-0.15, -0.1) is 0 Å². The highest BCUT2D eigenvalue weighted by Gasteiger charge is 2.29. The normalized spacial score (nSPS) is 21.9. The number of aromatic nitrogens is 1. The first-order chi connectivity index (χ1) is 8.64. The fourth-order valence-corrected chi connectivity index (χ4v) is 3.87. The summed E-state index contributed by atoms with van der Waals surface area (Å²) in [5.74, 6) is 0.398. The maximum Gasteiger partial charge on any atom is 0.244 e. The summed E-state index contributed by atoms with van der Waals surface area (Å²) in [4.78, 5) is 4.17. The van der Waals surface area contributed by atoms with E-state index in [4.69, 9.17) is 0 Å². The number of rotatable bonds is 4. The van der Waals surface area contributed by atoms with Crippen LogP contribution in [-0.4, -0.2) is 44.4 Å². The van der Waals surface area contributed by atoms with Gasteiger partial charge in [-0.3, -0.25) is 4.98 Å². The molecule has 1 atom stereocenters. The number of nitrogens with zero attached hydrogens (tertiary/aromatic N) is 2. The molecule has 6 heteroatoms. The Hall–Kier alpha value is -0.980. The lowest BCUT2D eigenvalue weighted by Gasteiger charge is -2.31. The minimum Gasteiger partial charge on any atom is -0.319 e. The molecule has 100 valence electrons. The molecule has 18 heavy (non-hydrogen) atoms. The van der Waals surface area contributed by atoms with Crippen LogP contribution >= 0.6 is 0 Å². The molecule has 0 spiro atoms. The topological polar surface area (TPSA) is 62.3 Å². The van der Waals surface area contributed by atoms with Crippen molar-refractivity contribution in [3.63, 3.8) is 0 Å². The van der Waals surface area contributed by atoms with E-state index in [9.17, 15) is 8.42 Å². The Labute approximate surface area is 108 Å². The molecule has 1 fully saturated rings. The molecule has 2 rings (SSSR count). The zero-order valence-corrected chi connectivity index (χ0v) is 11.4. The number of nitrogens with one attached hydrogen (secondary N) is 1. The van der Waals surface area contributed by atoms with E-state index in [1.807, 2.05) is 7.05 Å². The van der Waals surface area contributed by atoms with Gasteiger partial charge in [0.2, 0.25) is 10.0 Å². The van der Waals surface area contributed by atoms with Gasteiger partial charge in [0, 0.05) is 25.5 Å². The van der Waals surface area contributed by atoms with Crippen molar-refractivity contribution in [2.45, 2.75) is 17.7 Å². The Kier molecular flexibility index (Phi) is 4.31. The van der Waals surface area contributed by atoms with Crippen LogP contribution in [0, 0.1) is 5.92 Å². The van der Waals surface area contributed by atoms with Gasteiger partial charge in [-0.2, -0.15) is 4.31 Å². The third-order valence-electron chi connectivity index (χ3n) is 3.25. The molecule has 0 bridgehead atoms. The SMILES string of the molecule is CNCC1CCCN(S(=O)(=O)c2cccnc2)C1. The van der Waals surface area contributed by atoms with Crippen molar-refractivity contribution >= 4 is 10.0 Å². The van der Waals surface area contributed by atoms with Crippen LogP contribution in [0.1, 0.15) is 12.8 Å². The summed E-state index contributed by atoms with van der Waals surface area (Å²) < 4.78 is 26.4. The fourth-order valence-electron chi connectivity index (χ4n) is 2.35. The van der Waals surface area contributed by atoms with E-state index in [2.05, 4.69) is 10.3 Å². The van der Waals surface area contributed by atoms with E-state index in [0.717, 1.165) is 19.4 Å². The number of sulfonamides is 1. The molecule has 1 unspecified atom stereocenters. The number of pyridine rings is 1. The van der Waals surface area contributed by atoms with Gasteiger partial charge in [-0.25, -0.2) is 8.42 Å². The van der Waals surface area contributed by atoms with Crippen LogP contribution in [0.25, 0.3) is 0 Å². The Morgan fingerprint density at radius 2 is 2.39 bits per heavy atom.